The lowest BCUT2D eigenvalue weighted by Gasteiger charge is -2.09. The van der Waals surface area contributed by atoms with Crippen LogP contribution in [-0.4, -0.2) is 21.9 Å². The van der Waals surface area contributed by atoms with Gasteiger partial charge in [-0.1, -0.05) is 13.0 Å². The van der Waals surface area contributed by atoms with E-state index < -0.39 is 0 Å². The van der Waals surface area contributed by atoms with Crippen LogP contribution in [-0.2, 0) is 0 Å². The molecular formula is C9H12O3. The topological polar surface area (TPSA) is 60.7 Å². The lowest BCUT2D eigenvalue weighted by Crippen LogP contribution is -1.98. The number of aromatic hydroxyl groups is 2. The maximum Gasteiger partial charge on any atom is 0.122 e. The first-order valence-electron chi connectivity index (χ1n) is 3.78. The first-order valence-corrected chi connectivity index (χ1v) is 3.78. The van der Waals surface area contributed by atoms with Crippen LogP contribution in [0.25, 0.3) is 0 Å². The van der Waals surface area contributed by atoms with Gasteiger partial charge in [0.1, 0.15) is 11.5 Å². The summed E-state index contributed by atoms with van der Waals surface area (Å²) in [5, 5.41) is 27.1. The summed E-state index contributed by atoms with van der Waals surface area (Å²) in [6.45, 7) is 1.78. The minimum Gasteiger partial charge on any atom is -0.508 e. The van der Waals surface area contributed by atoms with Crippen molar-refractivity contribution in [1.82, 2.24) is 0 Å². The van der Waals surface area contributed by atoms with E-state index in [1.54, 1.807) is 13.0 Å². The quantitative estimate of drug-likeness (QED) is 0.621. The fourth-order valence-corrected chi connectivity index (χ4v) is 1.05. The number of hydrogen-bond donors (Lipinski definition) is 3. The minimum atomic E-state index is -0.106. The van der Waals surface area contributed by atoms with E-state index in [1.165, 1.54) is 12.1 Å². The molecule has 1 aromatic carbocycles. The third kappa shape index (κ3) is 1.68. The van der Waals surface area contributed by atoms with Crippen LogP contribution in [0.5, 0.6) is 11.5 Å². The molecule has 0 heterocycles. The summed E-state index contributed by atoms with van der Waals surface area (Å²) in [7, 11) is 0. The number of benzene rings is 1. The zero-order valence-electron chi connectivity index (χ0n) is 6.86. The van der Waals surface area contributed by atoms with E-state index in [0.29, 0.717) is 5.56 Å². The van der Waals surface area contributed by atoms with Gasteiger partial charge in [-0.15, -0.1) is 0 Å². The Morgan fingerprint density at radius 2 is 2.00 bits per heavy atom. The predicted octanol–water partition coefficient (Wildman–Crippen LogP) is 1.19. The van der Waals surface area contributed by atoms with Gasteiger partial charge in [-0.2, -0.15) is 0 Å². The van der Waals surface area contributed by atoms with Crippen LogP contribution in [0.4, 0.5) is 0 Å². The smallest absolute Gasteiger partial charge is 0.122 e. The van der Waals surface area contributed by atoms with Crippen molar-refractivity contribution < 1.29 is 15.3 Å². The number of phenolic OH excluding ortho intramolecular Hbond substituents is 2. The molecule has 0 amide bonds. The van der Waals surface area contributed by atoms with Crippen LogP contribution < -0.4 is 0 Å². The van der Waals surface area contributed by atoms with Crippen molar-refractivity contribution in [2.75, 3.05) is 6.61 Å². The average molecular weight is 168 g/mol. The summed E-state index contributed by atoms with van der Waals surface area (Å²) in [5.41, 5.74) is 0.648. The molecule has 0 fully saturated rings. The Morgan fingerprint density at radius 3 is 2.50 bits per heavy atom. The molecule has 1 aromatic rings. The number of aliphatic hydroxyl groups excluding tert-OH is 1. The van der Waals surface area contributed by atoms with Crippen LogP contribution in [0.2, 0.25) is 0 Å². The number of aliphatic hydroxyl groups is 1. The summed E-state index contributed by atoms with van der Waals surface area (Å²) >= 11 is 0. The van der Waals surface area contributed by atoms with E-state index in [-0.39, 0.29) is 24.0 Å². The molecule has 0 bridgehead atoms. The van der Waals surface area contributed by atoms with Crippen LogP contribution >= 0.6 is 0 Å². The second-order valence-electron chi connectivity index (χ2n) is 2.83. The number of hydrogen-bond acceptors (Lipinski definition) is 3. The summed E-state index contributed by atoms with van der Waals surface area (Å²) in [4.78, 5) is 0. The Hall–Kier alpha value is -1.22. The molecule has 12 heavy (non-hydrogen) atoms. The van der Waals surface area contributed by atoms with Gasteiger partial charge in [0, 0.05) is 18.6 Å². The number of rotatable bonds is 2. The summed E-state index contributed by atoms with van der Waals surface area (Å²) in [6, 6.07) is 4.36. The maximum absolute atomic E-state index is 9.32. The molecule has 0 spiro atoms. The highest BCUT2D eigenvalue weighted by molar-refractivity contribution is 5.40. The molecule has 1 rings (SSSR count). The van der Waals surface area contributed by atoms with Crippen LogP contribution in [0.3, 0.4) is 0 Å². The molecular weight excluding hydrogens is 156 g/mol. The SMILES string of the molecule is CC(CO)c1ccc(O)cc1O. The van der Waals surface area contributed by atoms with Gasteiger partial charge in [0.05, 0.1) is 0 Å². The molecule has 0 saturated heterocycles. The monoisotopic (exact) mass is 168 g/mol. The largest absolute Gasteiger partial charge is 0.508 e. The van der Waals surface area contributed by atoms with Gasteiger partial charge in [-0.25, -0.2) is 0 Å². The molecule has 0 aromatic heterocycles. The van der Waals surface area contributed by atoms with Gasteiger partial charge in [0.2, 0.25) is 0 Å². The number of phenols is 2. The van der Waals surface area contributed by atoms with Crippen molar-refractivity contribution in [2.45, 2.75) is 12.8 Å². The molecule has 3 N–H and O–H groups in total. The van der Waals surface area contributed by atoms with E-state index in [1.807, 2.05) is 0 Å². The van der Waals surface area contributed by atoms with E-state index >= 15 is 0 Å². The van der Waals surface area contributed by atoms with Crippen LogP contribution in [0.1, 0.15) is 18.4 Å². The molecule has 0 saturated carbocycles. The van der Waals surface area contributed by atoms with Gasteiger partial charge in [-0.05, 0) is 11.6 Å². The fourth-order valence-electron chi connectivity index (χ4n) is 1.05. The van der Waals surface area contributed by atoms with Crippen molar-refractivity contribution in [2.24, 2.45) is 0 Å². The van der Waals surface area contributed by atoms with Gasteiger partial charge < -0.3 is 15.3 Å². The Labute approximate surface area is 70.9 Å². The lowest BCUT2D eigenvalue weighted by molar-refractivity contribution is 0.270. The Bertz CT molecular complexity index is 270. The van der Waals surface area contributed by atoms with Crippen molar-refractivity contribution in [3.05, 3.63) is 23.8 Å². The zero-order chi connectivity index (χ0) is 9.14. The van der Waals surface area contributed by atoms with E-state index in [2.05, 4.69) is 0 Å². The van der Waals surface area contributed by atoms with Gasteiger partial charge in [0.15, 0.2) is 0 Å². The fraction of sp³-hybridized carbons (Fsp3) is 0.333. The Kier molecular flexibility index (Phi) is 2.55. The van der Waals surface area contributed by atoms with Gasteiger partial charge in [0.25, 0.3) is 0 Å². The van der Waals surface area contributed by atoms with Gasteiger partial charge in [-0.3, -0.25) is 0 Å². The van der Waals surface area contributed by atoms with Gasteiger partial charge >= 0.3 is 0 Å². The molecule has 3 nitrogen and oxygen atoms in total. The average Bonchev–Trinajstić information content (AvgIpc) is 2.03. The summed E-state index contributed by atoms with van der Waals surface area (Å²) in [6.07, 6.45) is 0. The predicted molar refractivity (Wildman–Crippen MR) is 45.3 cm³/mol. The standard InChI is InChI=1S/C9H12O3/c1-6(5-10)8-3-2-7(11)4-9(8)12/h2-4,6,10-12H,5H2,1H3. The first kappa shape index (κ1) is 8.87. The first-order chi connectivity index (χ1) is 5.65. The van der Waals surface area contributed by atoms with E-state index in [4.69, 9.17) is 10.2 Å². The third-order valence-corrected chi connectivity index (χ3v) is 1.82. The second kappa shape index (κ2) is 3.45. The maximum atomic E-state index is 9.32. The molecule has 0 radical (unpaired) electrons. The molecule has 3 heteroatoms. The van der Waals surface area contributed by atoms with Crippen molar-refractivity contribution >= 4 is 0 Å². The Morgan fingerprint density at radius 1 is 1.33 bits per heavy atom. The van der Waals surface area contributed by atoms with Crippen molar-refractivity contribution in [3.8, 4) is 11.5 Å². The van der Waals surface area contributed by atoms with Crippen LogP contribution in [0.15, 0.2) is 18.2 Å². The second-order valence-corrected chi connectivity index (χ2v) is 2.83. The molecule has 0 aliphatic heterocycles. The summed E-state index contributed by atoms with van der Waals surface area (Å²) < 4.78 is 0. The van der Waals surface area contributed by atoms with E-state index in [0.717, 1.165) is 0 Å². The molecule has 0 aliphatic carbocycles. The van der Waals surface area contributed by atoms with Crippen LogP contribution in [0, 0.1) is 0 Å². The zero-order valence-corrected chi connectivity index (χ0v) is 6.86. The normalized spacial score (nSPS) is 12.8. The molecule has 1 atom stereocenters. The highest BCUT2D eigenvalue weighted by Crippen LogP contribution is 2.28. The van der Waals surface area contributed by atoms with E-state index in [9.17, 15) is 5.11 Å². The molecule has 0 aliphatic rings. The third-order valence-electron chi connectivity index (χ3n) is 1.82. The Balaban J connectivity index is 3.01. The minimum absolute atomic E-state index is 0.0155. The summed E-state index contributed by atoms with van der Waals surface area (Å²) in [5.74, 6) is -0.0523. The molecule has 66 valence electrons. The van der Waals surface area contributed by atoms with Crippen molar-refractivity contribution in [3.63, 3.8) is 0 Å². The highest BCUT2D eigenvalue weighted by Gasteiger charge is 2.08. The lowest BCUT2D eigenvalue weighted by atomic mass is 10.0. The molecule has 1 unspecified atom stereocenters. The van der Waals surface area contributed by atoms with Crippen molar-refractivity contribution in [1.29, 1.82) is 0 Å². The highest BCUT2D eigenvalue weighted by atomic mass is 16.3.